The molecule has 0 bridgehead atoms. The molecule has 200 valence electrons. The Hall–Kier alpha value is -2.42. The lowest BCUT2D eigenvalue weighted by atomic mass is 9.80. The van der Waals surface area contributed by atoms with Crippen molar-refractivity contribution in [3.05, 3.63) is 108 Å². The summed E-state index contributed by atoms with van der Waals surface area (Å²) in [6.07, 6.45) is 18.0. The van der Waals surface area contributed by atoms with Crippen molar-refractivity contribution in [2.75, 3.05) is 13.2 Å². The molecule has 37 heavy (non-hydrogen) atoms. The summed E-state index contributed by atoms with van der Waals surface area (Å²) >= 11 is 0. The molecule has 0 unspecified atom stereocenters. The highest BCUT2D eigenvalue weighted by Crippen LogP contribution is 2.40. The van der Waals surface area contributed by atoms with Gasteiger partial charge in [-0.3, -0.25) is 0 Å². The van der Waals surface area contributed by atoms with Crippen LogP contribution in [-0.2, 0) is 10.3 Å². The van der Waals surface area contributed by atoms with Gasteiger partial charge in [-0.15, -0.1) is 0 Å². The van der Waals surface area contributed by atoms with Gasteiger partial charge >= 0.3 is 0 Å². The Morgan fingerprint density at radius 2 is 0.703 bits per heavy atom. The molecule has 3 aromatic rings. The summed E-state index contributed by atoms with van der Waals surface area (Å²) in [6.45, 7) is 1.10. The lowest BCUT2D eigenvalue weighted by Crippen LogP contribution is -2.33. The Morgan fingerprint density at radius 1 is 0.405 bits per heavy atom. The van der Waals surface area contributed by atoms with Gasteiger partial charge in [-0.2, -0.15) is 0 Å². The third-order valence-corrected chi connectivity index (χ3v) is 7.41. The molecule has 2 heteroatoms. The van der Waals surface area contributed by atoms with Crippen molar-refractivity contribution >= 4 is 0 Å². The summed E-state index contributed by atoms with van der Waals surface area (Å²) in [7, 11) is 0. The number of benzene rings is 3. The van der Waals surface area contributed by atoms with E-state index in [-0.39, 0.29) is 0 Å². The molecule has 3 rings (SSSR count). The maximum atomic E-state index is 8.83. The molecule has 0 aromatic heterocycles. The van der Waals surface area contributed by atoms with Gasteiger partial charge in [-0.25, -0.2) is 0 Å². The highest BCUT2D eigenvalue weighted by Gasteiger charge is 2.37. The Labute approximate surface area is 226 Å². The van der Waals surface area contributed by atoms with Crippen LogP contribution in [0.4, 0.5) is 0 Å². The van der Waals surface area contributed by atoms with Gasteiger partial charge in [0.05, 0.1) is 0 Å². The van der Waals surface area contributed by atoms with E-state index in [2.05, 4.69) is 91.0 Å². The first kappa shape index (κ1) is 29.1. The fourth-order valence-corrected chi connectivity index (χ4v) is 5.33. The normalized spacial score (nSPS) is 11.6. The molecule has 3 aromatic carbocycles. The van der Waals surface area contributed by atoms with E-state index < -0.39 is 5.60 Å². The summed E-state index contributed by atoms with van der Waals surface area (Å²) in [5.74, 6) is 0. The summed E-state index contributed by atoms with van der Waals surface area (Å²) < 4.78 is 6.89. The summed E-state index contributed by atoms with van der Waals surface area (Å²) in [4.78, 5) is 0. The van der Waals surface area contributed by atoms with Gasteiger partial charge in [0, 0.05) is 13.2 Å². The molecular formula is C35H48O2. The zero-order chi connectivity index (χ0) is 25.9. The Balaban J connectivity index is 1.41. The van der Waals surface area contributed by atoms with Gasteiger partial charge in [-0.05, 0) is 29.5 Å². The lowest BCUT2D eigenvalue weighted by Gasteiger charge is -2.36. The van der Waals surface area contributed by atoms with Crippen LogP contribution < -0.4 is 0 Å². The number of aliphatic hydroxyl groups is 1. The van der Waals surface area contributed by atoms with Crippen LogP contribution in [0.25, 0.3) is 0 Å². The van der Waals surface area contributed by atoms with E-state index in [0.717, 1.165) is 19.4 Å². The number of rotatable bonds is 20. The van der Waals surface area contributed by atoms with Crippen LogP contribution in [0.5, 0.6) is 0 Å². The number of aliphatic hydroxyl groups excluding tert-OH is 1. The Morgan fingerprint density at radius 3 is 1.03 bits per heavy atom. The third-order valence-electron chi connectivity index (χ3n) is 7.41. The van der Waals surface area contributed by atoms with Crippen LogP contribution in [0.15, 0.2) is 91.0 Å². The van der Waals surface area contributed by atoms with E-state index in [0.29, 0.717) is 6.61 Å². The number of hydrogen-bond donors (Lipinski definition) is 1. The van der Waals surface area contributed by atoms with E-state index in [9.17, 15) is 0 Å². The highest BCUT2D eigenvalue weighted by molar-refractivity contribution is 5.47. The second kappa shape index (κ2) is 17.9. The molecule has 0 spiro atoms. The predicted octanol–water partition coefficient (Wildman–Crippen LogP) is 9.45. The van der Waals surface area contributed by atoms with Crippen molar-refractivity contribution < 1.29 is 9.84 Å². The lowest BCUT2D eigenvalue weighted by molar-refractivity contribution is 0.0106. The maximum Gasteiger partial charge on any atom is 0.143 e. The second-order valence-corrected chi connectivity index (χ2v) is 10.3. The summed E-state index contributed by atoms with van der Waals surface area (Å²) in [5, 5.41) is 8.83. The first-order chi connectivity index (χ1) is 18.4. The fraction of sp³-hybridized carbons (Fsp3) is 0.486. The van der Waals surface area contributed by atoms with Crippen molar-refractivity contribution in [1.29, 1.82) is 0 Å². The Kier molecular flexibility index (Phi) is 14.1. The zero-order valence-electron chi connectivity index (χ0n) is 22.8. The molecule has 0 saturated carbocycles. The first-order valence-electron chi connectivity index (χ1n) is 14.8. The highest BCUT2D eigenvalue weighted by atomic mass is 16.5. The summed E-state index contributed by atoms with van der Waals surface area (Å²) in [5.41, 5.74) is 2.94. The van der Waals surface area contributed by atoms with Crippen LogP contribution in [0.2, 0.25) is 0 Å². The van der Waals surface area contributed by atoms with Gasteiger partial charge in [-0.1, -0.05) is 168 Å². The predicted molar refractivity (Wildman–Crippen MR) is 157 cm³/mol. The van der Waals surface area contributed by atoms with Gasteiger partial charge in [0.2, 0.25) is 0 Å². The molecular weight excluding hydrogens is 452 g/mol. The standard InChI is InChI=1S/C35H48O2/c36-30-22-11-9-7-5-3-1-2-4-6-8-10-12-23-31-37-35(32-24-16-13-17-25-32,33-26-18-14-19-27-33)34-28-20-15-21-29-34/h13-21,24-29,36H,1-12,22-23,30-31H2. The smallest absolute Gasteiger partial charge is 0.143 e. The average molecular weight is 501 g/mol. The molecule has 1 N–H and O–H groups in total. The Bertz CT molecular complexity index is 827. The minimum absolute atomic E-state index is 0.350. The first-order valence-corrected chi connectivity index (χ1v) is 14.8. The van der Waals surface area contributed by atoms with Gasteiger partial charge in [0.1, 0.15) is 5.60 Å². The maximum absolute atomic E-state index is 8.83. The minimum atomic E-state index is -0.595. The average Bonchev–Trinajstić information content (AvgIpc) is 2.96. The number of unbranched alkanes of at least 4 members (excludes halogenated alkanes) is 13. The molecule has 0 aliphatic heterocycles. The van der Waals surface area contributed by atoms with Crippen LogP contribution in [0.3, 0.4) is 0 Å². The minimum Gasteiger partial charge on any atom is -0.396 e. The van der Waals surface area contributed by atoms with Crippen LogP contribution in [-0.4, -0.2) is 18.3 Å². The molecule has 0 atom stereocenters. The van der Waals surface area contributed by atoms with E-state index in [4.69, 9.17) is 9.84 Å². The fourth-order valence-electron chi connectivity index (χ4n) is 5.33. The second-order valence-electron chi connectivity index (χ2n) is 10.3. The van der Waals surface area contributed by atoms with Crippen molar-refractivity contribution in [2.45, 2.75) is 95.5 Å². The molecule has 0 aliphatic carbocycles. The van der Waals surface area contributed by atoms with E-state index in [1.165, 1.54) is 93.7 Å². The zero-order valence-corrected chi connectivity index (χ0v) is 22.8. The van der Waals surface area contributed by atoms with Crippen LogP contribution >= 0.6 is 0 Å². The van der Waals surface area contributed by atoms with E-state index in [1.54, 1.807) is 0 Å². The van der Waals surface area contributed by atoms with Gasteiger partial charge < -0.3 is 9.84 Å². The molecule has 0 saturated heterocycles. The third kappa shape index (κ3) is 9.76. The molecule has 0 fully saturated rings. The van der Waals surface area contributed by atoms with Crippen LogP contribution in [0.1, 0.15) is 107 Å². The molecule has 0 radical (unpaired) electrons. The largest absolute Gasteiger partial charge is 0.396 e. The summed E-state index contributed by atoms with van der Waals surface area (Å²) in [6, 6.07) is 32.0. The van der Waals surface area contributed by atoms with E-state index in [1.807, 2.05) is 0 Å². The monoisotopic (exact) mass is 500 g/mol. The topological polar surface area (TPSA) is 29.5 Å². The van der Waals surface area contributed by atoms with Crippen LogP contribution in [0, 0.1) is 0 Å². The SMILES string of the molecule is OCCCCCCCCCCCCCCCCOC(c1ccccc1)(c1ccccc1)c1ccccc1. The molecule has 0 heterocycles. The van der Waals surface area contributed by atoms with Crippen molar-refractivity contribution in [2.24, 2.45) is 0 Å². The van der Waals surface area contributed by atoms with Crippen molar-refractivity contribution in [3.63, 3.8) is 0 Å². The van der Waals surface area contributed by atoms with Gasteiger partial charge in [0.25, 0.3) is 0 Å². The number of hydrogen-bond acceptors (Lipinski definition) is 2. The van der Waals surface area contributed by atoms with Crippen molar-refractivity contribution in [3.8, 4) is 0 Å². The van der Waals surface area contributed by atoms with Crippen molar-refractivity contribution in [1.82, 2.24) is 0 Å². The molecule has 0 aliphatic rings. The molecule has 0 amide bonds. The van der Waals surface area contributed by atoms with E-state index >= 15 is 0 Å². The van der Waals surface area contributed by atoms with Gasteiger partial charge in [0.15, 0.2) is 0 Å². The quantitative estimate of drug-likeness (QED) is 0.124. The molecule has 2 nitrogen and oxygen atoms in total. The number of ether oxygens (including phenoxy) is 1.